The van der Waals surface area contributed by atoms with Gasteiger partial charge in [0, 0.05) is 18.2 Å². The first-order valence-electron chi connectivity index (χ1n) is 6.62. The van der Waals surface area contributed by atoms with Gasteiger partial charge in [0.25, 0.3) is 0 Å². The van der Waals surface area contributed by atoms with Crippen molar-refractivity contribution in [2.75, 3.05) is 18.8 Å². The van der Waals surface area contributed by atoms with Crippen molar-refractivity contribution < 1.29 is 4.79 Å². The molecule has 0 aliphatic carbocycles. The van der Waals surface area contributed by atoms with Gasteiger partial charge >= 0.3 is 0 Å². The van der Waals surface area contributed by atoms with Gasteiger partial charge in [0.15, 0.2) is 0 Å². The first-order valence-corrected chi connectivity index (χ1v) is 7.67. The monoisotopic (exact) mass is 258 g/mol. The van der Waals surface area contributed by atoms with Crippen LogP contribution in [0.2, 0.25) is 0 Å². The van der Waals surface area contributed by atoms with E-state index in [1.165, 1.54) is 18.6 Å². The number of hydrogen-bond donors (Lipinski definition) is 2. The molecule has 1 rings (SSSR count). The van der Waals surface area contributed by atoms with Gasteiger partial charge in [0.1, 0.15) is 0 Å². The third-order valence-corrected chi connectivity index (χ3v) is 4.80. The molecule has 0 aromatic heterocycles. The number of thioether (sulfide) groups is 1. The predicted molar refractivity (Wildman–Crippen MR) is 75.2 cm³/mol. The fraction of sp³-hybridized carbons (Fsp3) is 0.923. The maximum absolute atomic E-state index is 11.7. The lowest BCUT2D eigenvalue weighted by molar-refractivity contribution is -0.121. The fourth-order valence-corrected chi connectivity index (χ4v) is 3.29. The number of carbonyl (C=O) groups is 1. The number of nitrogens with two attached hydrogens (primary N) is 1. The van der Waals surface area contributed by atoms with Gasteiger partial charge in [-0.05, 0) is 43.4 Å². The second-order valence-corrected chi connectivity index (χ2v) is 7.05. The average Bonchev–Trinajstić information content (AvgIpc) is 2.76. The van der Waals surface area contributed by atoms with Gasteiger partial charge in [-0.25, -0.2) is 0 Å². The molecule has 1 heterocycles. The van der Waals surface area contributed by atoms with E-state index in [2.05, 4.69) is 19.2 Å². The quantitative estimate of drug-likeness (QED) is 0.736. The van der Waals surface area contributed by atoms with Crippen molar-refractivity contribution in [3.05, 3.63) is 0 Å². The van der Waals surface area contributed by atoms with Gasteiger partial charge in [-0.3, -0.25) is 4.79 Å². The minimum absolute atomic E-state index is 0.189. The Kier molecular flexibility index (Phi) is 6.34. The minimum Gasteiger partial charge on any atom is -0.355 e. The van der Waals surface area contributed by atoms with E-state index in [9.17, 15) is 4.79 Å². The van der Waals surface area contributed by atoms with Crippen molar-refractivity contribution in [3.63, 3.8) is 0 Å². The van der Waals surface area contributed by atoms with Gasteiger partial charge in [-0.15, -0.1) is 0 Å². The normalized spacial score (nSPS) is 20.5. The molecule has 1 unspecified atom stereocenters. The van der Waals surface area contributed by atoms with E-state index >= 15 is 0 Å². The summed E-state index contributed by atoms with van der Waals surface area (Å²) >= 11 is 1.98. The highest BCUT2D eigenvalue weighted by Crippen LogP contribution is 2.26. The van der Waals surface area contributed by atoms with Crippen molar-refractivity contribution in [2.24, 2.45) is 11.1 Å². The largest absolute Gasteiger partial charge is 0.355 e. The van der Waals surface area contributed by atoms with Crippen LogP contribution < -0.4 is 11.1 Å². The van der Waals surface area contributed by atoms with E-state index in [-0.39, 0.29) is 11.3 Å². The van der Waals surface area contributed by atoms with Crippen molar-refractivity contribution >= 4 is 17.7 Å². The van der Waals surface area contributed by atoms with Crippen LogP contribution in [0.3, 0.4) is 0 Å². The maximum Gasteiger partial charge on any atom is 0.220 e. The summed E-state index contributed by atoms with van der Waals surface area (Å²) in [7, 11) is 0. The predicted octanol–water partition coefficient (Wildman–Crippen LogP) is 2.15. The molecule has 1 saturated heterocycles. The molecule has 17 heavy (non-hydrogen) atoms. The zero-order chi connectivity index (χ0) is 12.7. The molecule has 0 saturated carbocycles. The Morgan fingerprint density at radius 1 is 1.47 bits per heavy atom. The molecule has 100 valence electrons. The van der Waals surface area contributed by atoms with Crippen LogP contribution in [-0.4, -0.2) is 30.0 Å². The molecule has 0 spiro atoms. The molecule has 1 fully saturated rings. The van der Waals surface area contributed by atoms with Crippen LogP contribution >= 0.6 is 11.8 Å². The topological polar surface area (TPSA) is 55.1 Å². The number of amides is 1. The van der Waals surface area contributed by atoms with Crippen LogP contribution in [0.15, 0.2) is 0 Å². The lowest BCUT2D eigenvalue weighted by Crippen LogP contribution is -2.30. The molecule has 0 aromatic rings. The van der Waals surface area contributed by atoms with Gasteiger partial charge in [0.05, 0.1) is 0 Å². The van der Waals surface area contributed by atoms with Crippen LogP contribution in [-0.2, 0) is 4.79 Å². The molecule has 4 heteroatoms. The van der Waals surface area contributed by atoms with Gasteiger partial charge in [-0.1, -0.05) is 13.8 Å². The number of rotatable bonds is 7. The molecular weight excluding hydrogens is 232 g/mol. The summed E-state index contributed by atoms with van der Waals surface area (Å²) in [6, 6.07) is 0. The SMILES string of the molecule is CC(C)(CCN)CCC(=O)NCC1CCCS1. The third-order valence-electron chi connectivity index (χ3n) is 3.40. The van der Waals surface area contributed by atoms with Crippen molar-refractivity contribution in [1.82, 2.24) is 5.32 Å². The minimum atomic E-state index is 0.189. The Balaban J connectivity index is 2.11. The fourth-order valence-electron chi connectivity index (χ4n) is 2.09. The first kappa shape index (κ1) is 14.8. The Hall–Kier alpha value is -0.220. The summed E-state index contributed by atoms with van der Waals surface area (Å²) in [4.78, 5) is 11.7. The van der Waals surface area contributed by atoms with Crippen molar-refractivity contribution in [3.8, 4) is 0 Å². The Bertz CT molecular complexity index is 238. The Morgan fingerprint density at radius 2 is 2.24 bits per heavy atom. The van der Waals surface area contributed by atoms with Crippen LogP contribution in [0, 0.1) is 5.41 Å². The molecule has 1 aliphatic rings. The van der Waals surface area contributed by atoms with Crippen molar-refractivity contribution in [2.45, 2.75) is 51.2 Å². The highest BCUT2D eigenvalue weighted by molar-refractivity contribution is 8.00. The highest BCUT2D eigenvalue weighted by Gasteiger charge is 2.19. The second-order valence-electron chi connectivity index (χ2n) is 5.64. The van der Waals surface area contributed by atoms with Crippen LogP contribution in [0.1, 0.15) is 46.0 Å². The molecule has 1 aliphatic heterocycles. The molecule has 3 nitrogen and oxygen atoms in total. The molecule has 3 N–H and O–H groups in total. The zero-order valence-corrected chi connectivity index (χ0v) is 11.9. The number of nitrogens with one attached hydrogen (secondary N) is 1. The molecule has 0 bridgehead atoms. The number of carbonyl (C=O) groups excluding carboxylic acids is 1. The maximum atomic E-state index is 11.7. The van der Waals surface area contributed by atoms with E-state index < -0.39 is 0 Å². The summed E-state index contributed by atoms with van der Waals surface area (Å²) in [5, 5.41) is 3.70. The van der Waals surface area contributed by atoms with E-state index in [1.54, 1.807) is 0 Å². The average molecular weight is 258 g/mol. The van der Waals surface area contributed by atoms with Crippen molar-refractivity contribution in [1.29, 1.82) is 0 Å². The molecule has 0 aromatic carbocycles. The summed E-state index contributed by atoms with van der Waals surface area (Å²) in [6.07, 6.45) is 5.09. The summed E-state index contributed by atoms with van der Waals surface area (Å²) in [6.45, 7) is 5.91. The van der Waals surface area contributed by atoms with E-state index in [0.29, 0.717) is 18.2 Å². The molecule has 1 amide bonds. The van der Waals surface area contributed by atoms with Crippen LogP contribution in [0.4, 0.5) is 0 Å². The standard InChI is InChI=1S/C13H26N2OS/c1-13(2,7-8-14)6-5-12(16)15-10-11-4-3-9-17-11/h11H,3-10,14H2,1-2H3,(H,15,16). The molecule has 1 atom stereocenters. The van der Waals surface area contributed by atoms with E-state index in [0.717, 1.165) is 19.4 Å². The lowest BCUT2D eigenvalue weighted by Gasteiger charge is -2.23. The highest BCUT2D eigenvalue weighted by atomic mass is 32.2. The van der Waals surface area contributed by atoms with Gasteiger partial charge in [0.2, 0.25) is 5.91 Å². The Labute approximate surface area is 109 Å². The zero-order valence-electron chi connectivity index (χ0n) is 11.1. The molecular formula is C13H26N2OS. The van der Waals surface area contributed by atoms with Crippen LogP contribution in [0.5, 0.6) is 0 Å². The molecule has 0 radical (unpaired) electrons. The first-order chi connectivity index (χ1) is 8.03. The van der Waals surface area contributed by atoms with Gasteiger partial charge in [-0.2, -0.15) is 11.8 Å². The second kappa shape index (κ2) is 7.27. The summed E-state index contributed by atoms with van der Waals surface area (Å²) < 4.78 is 0. The smallest absolute Gasteiger partial charge is 0.220 e. The van der Waals surface area contributed by atoms with E-state index in [4.69, 9.17) is 5.73 Å². The third kappa shape index (κ3) is 6.32. The van der Waals surface area contributed by atoms with Crippen LogP contribution in [0.25, 0.3) is 0 Å². The summed E-state index contributed by atoms with van der Waals surface area (Å²) in [5.41, 5.74) is 5.75. The Morgan fingerprint density at radius 3 is 2.82 bits per heavy atom. The van der Waals surface area contributed by atoms with E-state index in [1.807, 2.05) is 11.8 Å². The summed E-state index contributed by atoms with van der Waals surface area (Å²) in [5.74, 6) is 1.45. The number of hydrogen-bond acceptors (Lipinski definition) is 3. The lowest BCUT2D eigenvalue weighted by atomic mass is 9.84. The van der Waals surface area contributed by atoms with Gasteiger partial charge < -0.3 is 11.1 Å².